The van der Waals surface area contributed by atoms with Gasteiger partial charge in [0, 0.05) is 13.1 Å². The molecule has 6 atom stereocenters. The number of sulfone groups is 1. The van der Waals surface area contributed by atoms with E-state index in [2.05, 4.69) is 6.92 Å². The second-order valence-electron chi connectivity index (χ2n) is 13.8. The van der Waals surface area contributed by atoms with Crippen molar-refractivity contribution in [1.29, 1.82) is 0 Å². The molecule has 0 aromatic rings. The quantitative estimate of drug-likeness (QED) is 0.485. The first-order valence-corrected chi connectivity index (χ1v) is 17.1. The average Bonchev–Trinajstić information content (AvgIpc) is 3.32. The zero-order valence-electron chi connectivity index (χ0n) is 23.4. The number of nitrogens with zero attached hydrogens (tertiary/aromatic N) is 2. The van der Waals surface area contributed by atoms with E-state index in [9.17, 15) is 27.6 Å². The summed E-state index contributed by atoms with van der Waals surface area (Å²) in [5.41, 5.74) is 0. The van der Waals surface area contributed by atoms with Crippen LogP contribution in [0.3, 0.4) is 0 Å². The minimum Gasteiger partial charge on any atom is -0.285 e. The summed E-state index contributed by atoms with van der Waals surface area (Å²) in [5.74, 6) is 0.0789. The molecule has 6 fully saturated rings. The van der Waals surface area contributed by atoms with Crippen molar-refractivity contribution < 1.29 is 27.6 Å². The van der Waals surface area contributed by atoms with Crippen molar-refractivity contribution in [2.24, 2.45) is 41.4 Å². The molecular formula is C30H44N2O6S. The Hall–Kier alpha value is -1.77. The summed E-state index contributed by atoms with van der Waals surface area (Å²) >= 11 is 0. The summed E-state index contributed by atoms with van der Waals surface area (Å²) in [4.78, 5) is 54.9. The maximum absolute atomic E-state index is 13.6. The molecule has 0 aromatic heterocycles. The highest BCUT2D eigenvalue weighted by atomic mass is 32.2. The number of rotatable bonds is 4. The number of amides is 4. The first kappa shape index (κ1) is 27.4. The van der Waals surface area contributed by atoms with Crippen LogP contribution in [0.1, 0.15) is 96.8 Å². The van der Waals surface area contributed by atoms with Gasteiger partial charge in [0.25, 0.3) is 0 Å². The Labute approximate surface area is 232 Å². The molecule has 0 N–H and O–H groups in total. The lowest BCUT2D eigenvalue weighted by Crippen LogP contribution is -2.45. The standard InChI is InChI=1S/C30H44N2O6S/c1-17-3-9-21(10-4-17)39(37,38)22-11-7-20(8-12-22)32-29(35)24-14-6-19(16-26(24)30(32)36)18-5-13-23-25(15-18)28(34)31(2)27(23)33/h17-26H,3-16H2,1-2H3. The molecule has 2 heterocycles. The smallest absolute Gasteiger partial charge is 0.233 e. The Kier molecular flexibility index (Phi) is 7.20. The van der Waals surface area contributed by atoms with Crippen LogP contribution < -0.4 is 0 Å². The van der Waals surface area contributed by atoms with Crippen molar-refractivity contribution >= 4 is 33.5 Å². The van der Waals surface area contributed by atoms with Gasteiger partial charge in [-0.25, -0.2) is 8.42 Å². The highest BCUT2D eigenvalue weighted by Crippen LogP contribution is 2.50. The van der Waals surface area contributed by atoms with Crippen molar-refractivity contribution in [2.75, 3.05) is 7.05 Å². The Balaban J connectivity index is 1.07. The molecule has 6 aliphatic rings. The average molecular weight is 561 g/mol. The molecule has 39 heavy (non-hydrogen) atoms. The monoisotopic (exact) mass is 560 g/mol. The summed E-state index contributed by atoms with van der Waals surface area (Å²) < 4.78 is 26.7. The van der Waals surface area contributed by atoms with E-state index in [0.29, 0.717) is 62.7 Å². The lowest BCUT2D eigenvalue weighted by Gasteiger charge is -2.38. The van der Waals surface area contributed by atoms with Crippen LogP contribution in [-0.4, -0.2) is 65.4 Å². The number of imide groups is 2. The largest absolute Gasteiger partial charge is 0.285 e. The highest BCUT2D eigenvalue weighted by molar-refractivity contribution is 7.92. The third-order valence-corrected chi connectivity index (χ3v) is 14.6. The minimum atomic E-state index is -3.18. The fourth-order valence-corrected chi connectivity index (χ4v) is 11.7. The summed E-state index contributed by atoms with van der Waals surface area (Å²) in [6.07, 6.45) is 10.4. The van der Waals surface area contributed by atoms with E-state index in [-0.39, 0.29) is 63.8 Å². The zero-order chi connectivity index (χ0) is 27.6. The third-order valence-electron chi connectivity index (χ3n) is 11.8. The second-order valence-corrected chi connectivity index (χ2v) is 16.3. The van der Waals surface area contributed by atoms with Gasteiger partial charge in [0.15, 0.2) is 9.84 Å². The first-order chi connectivity index (χ1) is 18.6. The van der Waals surface area contributed by atoms with E-state index in [0.717, 1.165) is 44.9 Å². The molecule has 2 aliphatic heterocycles. The second kappa shape index (κ2) is 10.3. The molecular weight excluding hydrogens is 516 g/mol. The summed E-state index contributed by atoms with van der Waals surface area (Å²) in [5, 5.41) is -0.566. The fraction of sp³-hybridized carbons (Fsp3) is 0.867. The van der Waals surface area contributed by atoms with Crippen LogP contribution in [0.5, 0.6) is 0 Å². The topological polar surface area (TPSA) is 109 Å². The molecule has 4 saturated carbocycles. The fourth-order valence-electron chi connectivity index (χ4n) is 9.29. The van der Waals surface area contributed by atoms with E-state index in [4.69, 9.17) is 0 Å². The van der Waals surface area contributed by atoms with Gasteiger partial charge in [-0.3, -0.25) is 29.0 Å². The van der Waals surface area contributed by atoms with Crippen LogP contribution in [-0.2, 0) is 29.0 Å². The van der Waals surface area contributed by atoms with E-state index in [1.807, 2.05) is 0 Å². The van der Waals surface area contributed by atoms with E-state index >= 15 is 0 Å². The van der Waals surface area contributed by atoms with Gasteiger partial charge >= 0.3 is 0 Å². The molecule has 0 bridgehead atoms. The van der Waals surface area contributed by atoms with Gasteiger partial charge in [-0.15, -0.1) is 0 Å². The van der Waals surface area contributed by atoms with Crippen molar-refractivity contribution in [1.82, 2.24) is 9.80 Å². The minimum absolute atomic E-state index is 0.0436. The number of hydrogen-bond acceptors (Lipinski definition) is 6. The van der Waals surface area contributed by atoms with Gasteiger partial charge in [0.05, 0.1) is 34.2 Å². The van der Waals surface area contributed by atoms with Crippen LogP contribution in [0.2, 0.25) is 0 Å². The first-order valence-electron chi connectivity index (χ1n) is 15.5. The van der Waals surface area contributed by atoms with Crippen LogP contribution in [0.15, 0.2) is 0 Å². The van der Waals surface area contributed by atoms with Gasteiger partial charge in [0.1, 0.15) is 0 Å². The molecule has 0 aromatic carbocycles. The maximum Gasteiger partial charge on any atom is 0.233 e. The Morgan fingerprint density at radius 2 is 1.00 bits per heavy atom. The van der Waals surface area contributed by atoms with Gasteiger partial charge in [-0.1, -0.05) is 6.92 Å². The van der Waals surface area contributed by atoms with Crippen LogP contribution in [0.4, 0.5) is 0 Å². The van der Waals surface area contributed by atoms with Crippen LogP contribution in [0.25, 0.3) is 0 Å². The van der Waals surface area contributed by atoms with Crippen molar-refractivity contribution in [3.63, 3.8) is 0 Å². The highest BCUT2D eigenvalue weighted by Gasteiger charge is 2.55. The van der Waals surface area contributed by atoms with E-state index in [1.165, 1.54) is 9.80 Å². The summed E-state index contributed by atoms with van der Waals surface area (Å²) in [7, 11) is -1.59. The van der Waals surface area contributed by atoms with Crippen LogP contribution >= 0.6 is 0 Å². The molecule has 216 valence electrons. The molecule has 2 saturated heterocycles. The molecule has 0 radical (unpaired) electrons. The van der Waals surface area contributed by atoms with Crippen LogP contribution in [0, 0.1) is 41.4 Å². The van der Waals surface area contributed by atoms with Crippen molar-refractivity contribution in [3.8, 4) is 0 Å². The number of likely N-dealkylation sites (tertiary alicyclic amines) is 2. The lowest BCUT2D eigenvalue weighted by atomic mass is 9.64. The Bertz CT molecular complexity index is 1140. The Morgan fingerprint density at radius 3 is 1.56 bits per heavy atom. The zero-order valence-corrected chi connectivity index (χ0v) is 24.2. The van der Waals surface area contributed by atoms with Crippen molar-refractivity contribution in [2.45, 2.75) is 113 Å². The molecule has 8 nitrogen and oxygen atoms in total. The molecule has 9 heteroatoms. The third kappa shape index (κ3) is 4.58. The van der Waals surface area contributed by atoms with E-state index in [1.54, 1.807) is 7.05 Å². The Morgan fingerprint density at radius 1 is 0.564 bits per heavy atom. The number of carbonyl (C=O) groups is 4. The molecule has 6 rings (SSSR count). The van der Waals surface area contributed by atoms with E-state index < -0.39 is 9.84 Å². The molecule has 0 spiro atoms. The molecule has 6 unspecified atom stereocenters. The molecule has 4 amide bonds. The summed E-state index contributed by atoms with van der Waals surface area (Å²) in [6, 6.07) is -0.181. The molecule has 4 aliphatic carbocycles. The van der Waals surface area contributed by atoms with Gasteiger partial charge < -0.3 is 0 Å². The summed E-state index contributed by atoms with van der Waals surface area (Å²) in [6.45, 7) is 2.19. The van der Waals surface area contributed by atoms with Gasteiger partial charge in [-0.05, 0) is 108 Å². The number of carbonyl (C=O) groups excluding carboxylic acids is 4. The van der Waals surface area contributed by atoms with Crippen molar-refractivity contribution in [3.05, 3.63) is 0 Å². The SMILES string of the molecule is CC1CCC(S(=O)(=O)C2CCC(N3C(=O)C4CCC(C5CCC6C(=O)N(C)C(=O)C6C5)CC4C3=O)CC2)CC1. The number of fused-ring (bicyclic) bond motifs is 2. The number of hydrogen-bond donors (Lipinski definition) is 0. The van der Waals surface area contributed by atoms with Gasteiger partial charge in [-0.2, -0.15) is 0 Å². The normalized spacial score (nSPS) is 43.5. The predicted octanol–water partition coefficient (Wildman–Crippen LogP) is 3.72. The predicted molar refractivity (Wildman–Crippen MR) is 145 cm³/mol. The lowest BCUT2D eigenvalue weighted by molar-refractivity contribution is -0.143. The van der Waals surface area contributed by atoms with Gasteiger partial charge in [0.2, 0.25) is 23.6 Å². The maximum atomic E-state index is 13.6.